The van der Waals surface area contributed by atoms with Gasteiger partial charge in [-0.2, -0.15) is 0 Å². The molecule has 2 rings (SSSR count). The van der Waals surface area contributed by atoms with E-state index in [4.69, 9.17) is 15.4 Å². The van der Waals surface area contributed by atoms with Crippen LogP contribution in [0.4, 0.5) is 0 Å². The first kappa shape index (κ1) is 15.8. The van der Waals surface area contributed by atoms with Gasteiger partial charge in [0.2, 0.25) is 0 Å². The third-order valence-electron chi connectivity index (χ3n) is 2.53. The third-order valence-corrected chi connectivity index (χ3v) is 5.27. The highest BCUT2D eigenvalue weighted by Crippen LogP contribution is 2.30. The van der Waals surface area contributed by atoms with Gasteiger partial charge in [0, 0.05) is 20.7 Å². The van der Waals surface area contributed by atoms with E-state index in [1.54, 1.807) is 6.07 Å². The lowest BCUT2D eigenvalue weighted by atomic mass is 10.2. The van der Waals surface area contributed by atoms with Crippen molar-refractivity contribution in [2.45, 2.75) is 11.5 Å². The molecule has 0 aliphatic carbocycles. The Balaban J connectivity index is 2.17. The molecule has 0 spiro atoms. The summed E-state index contributed by atoms with van der Waals surface area (Å²) in [5.74, 6) is 0.546. The number of hydrogen-bond donors (Lipinski definition) is 0. The molecule has 0 N–H and O–H groups in total. The van der Waals surface area contributed by atoms with Crippen molar-refractivity contribution in [2.75, 3.05) is 0 Å². The van der Waals surface area contributed by atoms with Gasteiger partial charge in [-0.3, -0.25) is 0 Å². The van der Waals surface area contributed by atoms with Crippen LogP contribution < -0.4 is 4.74 Å². The highest BCUT2D eigenvalue weighted by Gasteiger charge is 2.12. The molecule has 2 aromatic rings. The summed E-state index contributed by atoms with van der Waals surface area (Å²) in [6, 6.07) is 12.1. The van der Waals surface area contributed by atoms with E-state index >= 15 is 0 Å². The van der Waals surface area contributed by atoms with Gasteiger partial charge in [0.15, 0.2) is 0 Å². The number of ether oxygens (including phenoxy) is 1. The molecule has 3 nitrogen and oxygen atoms in total. The van der Waals surface area contributed by atoms with E-state index in [1.165, 1.54) is 12.1 Å². The molecule has 0 aromatic heterocycles. The smallest absolute Gasteiger partial charge is 0.261 e. The van der Waals surface area contributed by atoms with Crippen LogP contribution in [0.15, 0.2) is 56.3 Å². The fourth-order valence-electron chi connectivity index (χ4n) is 1.52. The summed E-state index contributed by atoms with van der Waals surface area (Å²) < 4.78 is 29.6. The van der Waals surface area contributed by atoms with Crippen molar-refractivity contribution in [3.63, 3.8) is 0 Å². The first-order valence-corrected chi connectivity index (χ1v) is 9.38. The molecule has 0 bridgehead atoms. The number of benzene rings is 2. The van der Waals surface area contributed by atoms with Gasteiger partial charge in [0.05, 0.1) is 9.37 Å². The second-order valence-electron chi connectivity index (χ2n) is 3.91. The Morgan fingerprint density at radius 3 is 2.35 bits per heavy atom. The molecule has 106 valence electrons. The lowest BCUT2D eigenvalue weighted by Gasteiger charge is -2.10. The molecule has 0 radical (unpaired) electrons. The van der Waals surface area contributed by atoms with E-state index in [0.717, 1.165) is 10.0 Å². The molecule has 0 unspecified atom stereocenters. The SMILES string of the molecule is O=S(=O)(Cl)c1ccc(OCc2ccccc2Br)c(Br)c1. The van der Waals surface area contributed by atoms with Crippen molar-refractivity contribution >= 4 is 51.6 Å². The zero-order chi connectivity index (χ0) is 14.8. The predicted molar refractivity (Wildman–Crippen MR) is 85.7 cm³/mol. The van der Waals surface area contributed by atoms with E-state index in [1.807, 2.05) is 24.3 Å². The Kier molecular flexibility index (Phi) is 5.12. The predicted octanol–water partition coefficient (Wildman–Crippen LogP) is 4.72. The highest BCUT2D eigenvalue weighted by molar-refractivity contribution is 9.10. The van der Waals surface area contributed by atoms with E-state index < -0.39 is 9.05 Å². The third kappa shape index (κ3) is 3.97. The number of rotatable bonds is 4. The summed E-state index contributed by atoms with van der Waals surface area (Å²) in [6.45, 7) is 0.368. The first-order chi connectivity index (χ1) is 9.38. The molecule has 7 heteroatoms. The van der Waals surface area contributed by atoms with Crippen LogP contribution in [0.5, 0.6) is 5.75 Å². The van der Waals surface area contributed by atoms with Crippen molar-refractivity contribution in [3.8, 4) is 5.75 Å². The van der Waals surface area contributed by atoms with Gasteiger partial charge in [0.1, 0.15) is 12.4 Å². The van der Waals surface area contributed by atoms with Crippen LogP contribution in [0.25, 0.3) is 0 Å². The molecule has 2 aromatic carbocycles. The number of hydrogen-bond acceptors (Lipinski definition) is 3. The fourth-order valence-corrected chi connectivity index (χ4v) is 3.34. The minimum absolute atomic E-state index is 0.0271. The van der Waals surface area contributed by atoms with Gasteiger partial charge in [0.25, 0.3) is 9.05 Å². The maximum absolute atomic E-state index is 11.2. The molecule has 20 heavy (non-hydrogen) atoms. The van der Waals surface area contributed by atoms with Crippen molar-refractivity contribution in [1.82, 2.24) is 0 Å². The summed E-state index contributed by atoms with van der Waals surface area (Å²) >= 11 is 6.71. The Labute approximate surface area is 138 Å². The largest absolute Gasteiger partial charge is 0.488 e. The monoisotopic (exact) mass is 438 g/mol. The summed E-state index contributed by atoms with van der Waals surface area (Å²) in [6.07, 6.45) is 0. The van der Waals surface area contributed by atoms with E-state index in [-0.39, 0.29) is 4.90 Å². The van der Waals surface area contributed by atoms with Crippen LogP contribution in [0.3, 0.4) is 0 Å². The lowest BCUT2D eigenvalue weighted by molar-refractivity contribution is 0.303. The van der Waals surface area contributed by atoms with E-state index in [0.29, 0.717) is 16.8 Å². The maximum atomic E-state index is 11.2. The second-order valence-corrected chi connectivity index (χ2v) is 8.18. The topological polar surface area (TPSA) is 43.4 Å². The van der Waals surface area contributed by atoms with E-state index in [9.17, 15) is 8.42 Å². The summed E-state index contributed by atoms with van der Waals surface area (Å²) in [4.78, 5) is 0.0271. The molecule has 0 saturated carbocycles. The van der Waals surface area contributed by atoms with Crippen LogP contribution in [-0.2, 0) is 15.7 Å². The second kappa shape index (κ2) is 6.47. The molecule has 0 heterocycles. The Morgan fingerprint density at radius 2 is 1.75 bits per heavy atom. The van der Waals surface area contributed by atoms with Crippen molar-refractivity contribution in [3.05, 3.63) is 57.0 Å². The molecule has 0 fully saturated rings. The van der Waals surface area contributed by atoms with Gasteiger partial charge >= 0.3 is 0 Å². The highest BCUT2D eigenvalue weighted by atomic mass is 79.9. The normalized spacial score (nSPS) is 11.3. The standard InChI is InChI=1S/C13H9Br2ClO3S/c14-11-4-2-1-3-9(11)8-19-13-6-5-10(7-12(13)15)20(16,17)18/h1-7H,8H2. The van der Waals surface area contributed by atoms with Gasteiger partial charge in [-0.1, -0.05) is 34.1 Å². The van der Waals surface area contributed by atoms with Crippen molar-refractivity contribution in [2.24, 2.45) is 0 Å². The molecule has 0 aliphatic rings. The van der Waals surface area contributed by atoms with Crippen LogP contribution in [0, 0.1) is 0 Å². The zero-order valence-electron chi connectivity index (χ0n) is 10.0. The van der Waals surface area contributed by atoms with Gasteiger partial charge in [-0.25, -0.2) is 8.42 Å². The average Bonchev–Trinajstić information content (AvgIpc) is 2.38. The van der Waals surface area contributed by atoms with Gasteiger partial charge < -0.3 is 4.74 Å². The maximum Gasteiger partial charge on any atom is 0.261 e. The van der Waals surface area contributed by atoms with Gasteiger partial charge in [-0.05, 0) is 40.2 Å². The van der Waals surface area contributed by atoms with Crippen LogP contribution in [0.1, 0.15) is 5.56 Å². The molecule has 0 atom stereocenters. The van der Waals surface area contributed by atoms with Crippen molar-refractivity contribution < 1.29 is 13.2 Å². The molecule has 0 aliphatic heterocycles. The molecular formula is C13H9Br2ClO3S. The fraction of sp³-hybridized carbons (Fsp3) is 0.0769. The van der Waals surface area contributed by atoms with Crippen molar-refractivity contribution in [1.29, 1.82) is 0 Å². The van der Waals surface area contributed by atoms with Crippen LogP contribution in [-0.4, -0.2) is 8.42 Å². The molecule has 0 amide bonds. The zero-order valence-corrected chi connectivity index (χ0v) is 14.8. The first-order valence-electron chi connectivity index (χ1n) is 5.48. The van der Waals surface area contributed by atoms with Crippen LogP contribution in [0.2, 0.25) is 0 Å². The van der Waals surface area contributed by atoms with E-state index in [2.05, 4.69) is 31.9 Å². The quantitative estimate of drug-likeness (QED) is 0.647. The summed E-state index contributed by atoms with van der Waals surface area (Å²) in [5.41, 5.74) is 0.994. The Morgan fingerprint density at radius 1 is 1.05 bits per heavy atom. The minimum atomic E-state index is -3.74. The lowest BCUT2D eigenvalue weighted by Crippen LogP contribution is -1.98. The molecule has 0 saturated heterocycles. The summed E-state index contributed by atoms with van der Waals surface area (Å²) in [5, 5.41) is 0. The average molecular weight is 441 g/mol. The Hall–Kier alpha value is -0.560. The molecular weight excluding hydrogens is 431 g/mol. The minimum Gasteiger partial charge on any atom is -0.488 e. The summed E-state index contributed by atoms with van der Waals surface area (Å²) in [7, 11) is 1.54. The Bertz CT molecular complexity index is 732. The van der Waals surface area contributed by atoms with Gasteiger partial charge in [-0.15, -0.1) is 0 Å². The van der Waals surface area contributed by atoms with Crippen LogP contribution >= 0.6 is 42.5 Å². The number of halogens is 3.